The van der Waals surface area contributed by atoms with Gasteiger partial charge in [0, 0.05) is 5.56 Å². The highest BCUT2D eigenvalue weighted by atomic mass is 16.5. The van der Waals surface area contributed by atoms with E-state index in [-0.39, 0.29) is 22.9 Å². The van der Waals surface area contributed by atoms with Crippen LogP contribution in [0.5, 0.6) is 11.5 Å². The molecule has 0 radical (unpaired) electrons. The fourth-order valence-corrected chi connectivity index (χ4v) is 1.84. The summed E-state index contributed by atoms with van der Waals surface area (Å²) in [5.74, 6) is -0.0547. The van der Waals surface area contributed by atoms with E-state index in [0.29, 0.717) is 11.1 Å². The molecule has 0 atom stereocenters. The van der Waals surface area contributed by atoms with Crippen molar-refractivity contribution in [3.63, 3.8) is 0 Å². The van der Waals surface area contributed by atoms with Crippen molar-refractivity contribution in [2.24, 2.45) is 0 Å². The number of Topliss-reactive ketones (excluding diaryl/α,β-unsaturated/α-hetero) is 1. The summed E-state index contributed by atoms with van der Waals surface area (Å²) in [6.45, 7) is 0. The molecule has 2 rings (SSSR count). The van der Waals surface area contributed by atoms with Gasteiger partial charge in [0.15, 0.2) is 11.5 Å². The van der Waals surface area contributed by atoms with Gasteiger partial charge < -0.3 is 9.84 Å². The maximum atomic E-state index is 12.2. The van der Waals surface area contributed by atoms with Gasteiger partial charge in [-0.15, -0.1) is 0 Å². The third-order valence-corrected chi connectivity index (χ3v) is 2.92. The van der Waals surface area contributed by atoms with Crippen molar-refractivity contribution >= 4 is 11.9 Å². The number of carbonyl (C=O) groups is 1. The van der Waals surface area contributed by atoms with E-state index in [9.17, 15) is 15.2 Å². The summed E-state index contributed by atoms with van der Waals surface area (Å²) in [6, 6.07) is 15.1. The van der Waals surface area contributed by atoms with Gasteiger partial charge in [-0.1, -0.05) is 36.4 Å². The van der Waals surface area contributed by atoms with Crippen LogP contribution in [0, 0.1) is 11.3 Å². The lowest BCUT2D eigenvalue weighted by molar-refractivity contribution is 0.104. The van der Waals surface area contributed by atoms with E-state index in [1.165, 1.54) is 19.3 Å². The Morgan fingerprint density at radius 2 is 1.95 bits per heavy atom. The summed E-state index contributed by atoms with van der Waals surface area (Å²) in [5, 5.41) is 18.7. The minimum Gasteiger partial charge on any atom is -0.504 e. The fraction of sp³-hybridized carbons (Fsp3) is 0.0588. The molecule has 0 saturated carbocycles. The second kappa shape index (κ2) is 6.40. The first kappa shape index (κ1) is 14.4. The van der Waals surface area contributed by atoms with E-state index in [2.05, 4.69) is 0 Å². The molecule has 0 aliphatic heterocycles. The molecule has 4 nitrogen and oxygen atoms in total. The predicted octanol–water partition coefficient (Wildman–Crippen LogP) is 3.19. The second-order valence-electron chi connectivity index (χ2n) is 4.30. The van der Waals surface area contributed by atoms with Crippen LogP contribution < -0.4 is 4.74 Å². The highest BCUT2D eigenvalue weighted by Gasteiger charge is 2.12. The molecule has 104 valence electrons. The lowest BCUT2D eigenvalue weighted by atomic mass is 10.0. The standard InChI is InChI=1S/C17H13NO3/c1-21-16-10-12(7-8-15(16)19)9-14(11-18)17(20)13-5-3-2-4-6-13/h2-10,19H,1H3/b14-9+. The van der Waals surface area contributed by atoms with Crippen molar-refractivity contribution < 1.29 is 14.6 Å². The molecule has 2 aromatic carbocycles. The number of rotatable bonds is 4. The molecule has 0 aliphatic rings. The number of hydrogen-bond acceptors (Lipinski definition) is 4. The zero-order valence-corrected chi connectivity index (χ0v) is 11.4. The number of methoxy groups -OCH3 is 1. The number of nitrogens with zero attached hydrogens (tertiary/aromatic N) is 1. The molecule has 0 heterocycles. The summed E-state index contributed by atoms with van der Waals surface area (Å²) in [5.41, 5.74) is 1.08. The highest BCUT2D eigenvalue weighted by Crippen LogP contribution is 2.27. The Morgan fingerprint density at radius 1 is 1.24 bits per heavy atom. The van der Waals surface area contributed by atoms with Crippen molar-refractivity contribution in [3.05, 3.63) is 65.2 Å². The Morgan fingerprint density at radius 3 is 2.57 bits per heavy atom. The molecule has 0 fully saturated rings. The predicted molar refractivity (Wildman–Crippen MR) is 79.0 cm³/mol. The third-order valence-electron chi connectivity index (χ3n) is 2.92. The Hall–Kier alpha value is -3.06. The van der Waals surface area contributed by atoms with Gasteiger partial charge in [-0.2, -0.15) is 5.26 Å². The van der Waals surface area contributed by atoms with Crippen LogP contribution in [-0.2, 0) is 0 Å². The number of hydrogen-bond donors (Lipinski definition) is 1. The minimum atomic E-state index is -0.342. The highest BCUT2D eigenvalue weighted by molar-refractivity contribution is 6.14. The van der Waals surface area contributed by atoms with Gasteiger partial charge in [-0.3, -0.25) is 4.79 Å². The monoisotopic (exact) mass is 279 g/mol. The first-order valence-corrected chi connectivity index (χ1v) is 6.24. The number of aromatic hydroxyl groups is 1. The van der Waals surface area contributed by atoms with Crippen molar-refractivity contribution in [1.29, 1.82) is 5.26 Å². The maximum absolute atomic E-state index is 12.2. The first-order chi connectivity index (χ1) is 10.2. The van der Waals surface area contributed by atoms with E-state index >= 15 is 0 Å². The Bertz CT molecular complexity index is 727. The van der Waals surface area contributed by atoms with Crippen LogP contribution >= 0.6 is 0 Å². The summed E-state index contributed by atoms with van der Waals surface area (Å²) in [6.07, 6.45) is 1.47. The van der Waals surface area contributed by atoms with Crippen molar-refractivity contribution in [3.8, 4) is 17.6 Å². The molecule has 4 heteroatoms. The van der Waals surface area contributed by atoms with Crippen LogP contribution in [0.4, 0.5) is 0 Å². The van der Waals surface area contributed by atoms with Gasteiger partial charge in [0.05, 0.1) is 7.11 Å². The maximum Gasteiger partial charge on any atom is 0.203 e. The van der Waals surface area contributed by atoms with Crippen molar-refractivity contribution in [2.45, 2.75) is 0 Å². The zero-order chi connectivity index (χ0) is 15.2. The lowest BCUT2D eigenvalue weighted by Gasteiger charge is -2.04. The Kier molecular flexibility index (Phi) is 4.37. The Balaban J connectivity index is 2.38. The molecule has 0 aromatic heterocycles. The molecule has 0 unspecified atom stereocenters. The van der Waals surface area contributed by atoms with Gasteiger partial charge in [0.25, 0.3) is 0 Å². The van der Waals surface area contributed by atoms with Crippen LogP contribution in [-0.4, -0.2) is 18.0 Å². The molecular formula is C17H13NO3. The fourth-order valence-electron chi connectivity index (χ4n) is 1.84. The van der Waals surface area contributed by atoms with Crippen LogP contribution in [0.25, 0.3) is 6.08 Å². The van der Waals surface area contributed by atoms with E-state index < -0.39 is 0 Å². The molecule has 0 saturated heterocycles. The third kappa shape index (κ3) is 3.28. The van der Waals surface area contributed by atoms with Gasteiger partial charge in [-0.25, -0.2) is 0 Å². The zero-order valence-electron chi connectivity index (χ0n) is 11.4. The molecule has 0 aliphatic carbocycles. The molecule has 1 N–H and O–H groups in total. The van der Waals surface area contributed by atoms with Crippen molar-refractivity contribution in [2.75, 3.05) is 7.11 Å². The minimum absolute atomic E-state index is 0.00236. The van der Waals surface area contributed by atoms with Gasteiger partial charge >= 0.3 is 0 Å². The summed E-state index contributed by atoms with van der Waals surface area (Å²) in [7, 11) is 1.43. The van der Waals surface area contributed by atoms with Crippen LogP contribution in [0.3, 0.4) is 0 Å². The largest absolute Gasteiger partial charge is 0.504 e. The van der Waals surface area contributed by atoms with Crippen LogP contribution in [0.2, 0.25) is 0 Å². The number of carbonyl (C=O) groups excluding carboxylic acids is 1. The SMILES string of the molecule is COc1cc(/C=C(\C#N)C(=O)c2ccccc2)ccc1O. The molecule has 21 heavy (non-hydrogen) atoms. The smallest absolute Gasteiger partial charge is 0.203 e. The van der Waals surface area contributed by atoms with E-state index in [4.69, 9.17) is 4.74 Å². The number of allylic oxidation sites excluding steroid dienone is 1. The number of phenolic OH excluding ortho intramolecular Hbond substituents is 1. The van der Waals surface area contributed by atoms with E-state index in [1.807, 2.05) is 6.07 Å². The lowest BCUT2D eigenvalue weighted by Crippen LogP contribution is -2.01. The number of benzene rings is 2. The summed E-state index contributed by atoms with van der Waals surface area (Å²) in [4.78, 5) is 12.2. The van der Waals surface area contributed by atoms with Crippen molar-refractivity contribution in [1.82, 2.24) is 0 Å². The average Bonchev–Trinajstić information content (AvgIpc) is 2.54. The summed E-state index contributed by atoms with van der Waals surface area (Å²) >= 11 is 0. The van der Waals surface area contributed by atoms with E-state index in [0.717, 1.165) is 0 Å². The first-order valence-electron chi connectivity index (χ1n) is 6.24. The Labute approximate surface area is 122 Å². The van der Waals surface area contributed by atoms with Crippen LogP contribution in [0.1, 0.15) is 15.9 Å². The normalized spacial score (nSPS) is 10.8. The molecule has 0 bridgehead atoms. The molecule has 0 spiro atoms. The number of ether oxygens (including phenoxy) is 1. The molecule has 0 amide bonds. The summed E-state index contributed by atoms with van der Waals surface area (Å²) < 4.78 is 5.00. The van der Waals surface area contributed by atoms with Gasteiger partial charge in [-0.05, 0) is 23.8 Å². The topological polar surface area (TPSA) is 70.3 Å². The van der Waals surface area contributed by atoms with Gasteiger partial charge in [0.1, 0.15) is 11.6 Å². The molecular weight excluding hydrogens is 266 g/mol. The quantitative estimate of drug-likeness (QED) is 0.530. The van der Waals surface area contributed by atoms with E-state index in [1.54, 1.807) is 42.5 Å². The number of phenols is 1. The number of ketones is 1. The van der Waals surface area contributed by atoms with Gasteiger partial charge in [0.2, 0.25) is 5.78 Å². The van der Waals surface area contributed by atoms with Crippen LogP contribution in [0.15, 0.2) is 54.1 Å². The molecule has 2 aromatic rings. The average molecular weight is 279 g/mol. The second-order valence-corrected chi connectivity index (χ2v) is 4.30. The number of nitriles is 1.